The molecule has 0 heterocycles. The molecule has 1 amide bonds. The van der Waals surface area contributed by atoms with Crippen LogP contribution in [0.1, 0.15) is 0 Å². The van der Waals surface area contributed by atoms with E-state index >= 15 is 0 Å². The lowest BCUT2D eigenvalue weighted by molar-refractivity contribution is -0.131. The Morgan fingerprint density at radius 1 is 1.67 bits per heavy atom. The molecule has 51 valence electrons. The minimum atomic E-state index is -0.252. The van der Waals surface area contributed by atoms with E-state index in [1.807, 2.05) is 0 Å². The van der Waals surface area contributed by atoms with Crippen LogP contribution in [0.5, 0.6) is 0 Å². The summed E-state index contributed by atoms with van der Waals surface area (Å²) in [6.07, 6.45) is 0. The topological polar surface area (TPSA) is 46.6 Å². The normalized spacial score (nSPS) is 8.22. The third kappa shape index (κ3) is 3.52. The predicted molar refractivity (Wildman–Crippen MR) is 30.3 cm³/mol. The fourth-order valence-electron chi connectivity index (χ4n) is 0.220. The highest BCUT2D eigenvalue weighted by molar-refractivity contribution is 5.77. The van der Waals surface area contributed by atoms with Gasteiger partial charge in [-0.05, 0) is 0 Å². The first kappa shape index (κ1) is 7.94. The first-order valence-corrected chi connectivity index (χ1v) is 2.37. The van der Waals surface area contributed by atoms with Gasteiger partial charge in [0.05, 0.1) is 0 Å². The molecule has 0 spiro atoms. The Kier molecular flexibility index (Phi) is 3.43. The summed E-state index contributed by atoms with van der Waals surface area (Å²) >= 11 is 0. The fourth-order valence-corrected chi connectivity index (χ4v) is 0.220. The van der Waals surface area contributed by atoms with Crippen molar-refractivity contribution in [3.8, 4) is 0 Å². The van der Waals surface area contributed by atoms with Crippen molar-refractivity contribution in [3.63, 3.8) is 0 Å². The third-order valence-electron chi connectivity index (χ3n) is 0.753. The quantitative estimate of drug-likeness (QED) is 0.500. The van der Waals surface area contributed by atoms with Gasteiger partial charge in [0, 0.05) is 14.1 Å². The van der Waals surface area contributed by atoms with Crippen LogP contribution in [0.2, 0.25) is 0 Å². The Hall–Kier alpha value is -1.06. The molecule has 0 aromatic heterocycles. The van der Waals surface area contributed by atoms with Gasteiger partial charge >= 0.3 is 6.47 Å². The number of likely N-dealkylation sites (N-methyl/N-ethyl adjacent to an activating group) is 1. The standard InChI is InChI=1S/C5H8NO3/c1-6(2)5(8)3-9-4-7/h3H2,1-2H3. The van der Waals surface area contributed by atoms with E-state index in [1.165, 1.54) is 4.90 Å². The molecule has 1 radical (unpaired) electrons. The van der Waals surface area contributed by atoms with Crippen molar-refractivity contribution in [3.05, 3.63) is 0 Å². The van der Waals surface area contributed by atoms with Gasteiger partial charge in [-0.25, -0.2) is 4.79 Å². The van der Waals surface area contributed by atoms with Crippen LogP contribution in [-0.2, 0) is 14.3 Å². The Balaban J connectivity index is 3.38. The van der Waals surface area contributed by atoms with Crippen molar-refractivity contribution in [1.82, 2.24) is 4.90 Å². The average Bonchev–Trinajstić information content (AvgIpc) is 1.82. The number of hydrogen-bond donors (Lipinski definition) is 0. The molecule has 0 saturated carbocycles. The van der Waals surface area contributed by atoms with Gasteiger partial charge in [-0.2, -0.15) is 0 Å². The molecular weight excluding hydrogens is 122 g/mol. The molecule has 0 N–H and O–H groups in total. The van der Waals surface area contributed by atoms with E-state index in [1.54, 1.807) is 14.1 Å². The molecule has 0 aliphatic rings. The van der Waals surface area contributed by atoms with Gasteiger partial charge in [-0.1, -0.05) is 0 Å². The maximum atomic E-state index is 10.5. The molecule has 9 heavy (non-hydrogen) atoms. The molecule has 0 bridgehead atoms. The van der Waals surface area contributed by atoms with E-state index in [0.29, 0.717) is 0 Å². The summed E-state index contributed by atoms with van der Waals surface area (Å²) in [7, 11) is 3.16. The van der Waals surface area contributed by atoms with Crippen molar-refractivity contribution in [2.24, 2.45) is 0 Å². The fraction of sp³-hybridized carbons (Fsp3) is 0.600. The van der Waals surface area contributed by atoms with E-state index in [4.69, 9.17) is 0 Å². The highest BCUT2D eigenvalue weighted by Crippen LogP contribution is 1.77. The Morgan fingerprint density at radius 2 is 2.22 bits per heavy atom. The van der Waals surface area contributed by atoms with Gasteiger partial charge in [0.25, 0.3) is 5.91 Å². The van der Waals surface area contributed by atoms with Crippen molar-refractivity contribution in [2.75, 3.05) is 20.7 Å². The third-order valence-corrected chi connectivity index (χ3v) is 0.753. The Bertz CT molecular complexity index is 111. The van der Waals surface area contributed by atoms with Crippen molar-refractivity contribution >= 4 is 12.4 Å². The maximum absolute atomic E-state index is 10.5. The molecule has 0 aliphatic carbocycles. The molecular formula is C5H8NO3. The summed E-state index contributed by atoms with van der Waals surface area (Å²) in [5, 5.41) is 0. The van der Waals surface area contributed by atoms with Crippen LogP contribution in [0.15, 0.2) is 0 Å². The summed E-state index contributed by atoms with van der Waals surface area (Å²) in [5.41, 5.74) is 0. The van der Waals surface area contributed by atoms with Crippen LogP contribution in [0.3, 0.4) is 0 Å². The van der Waals surface area contributed by atoms with Crippen LogP contribution in [-0.4, -0.2) is 38.0 Å². The van der Waals surface area contributed by atoms with Gasteiger partial charge in [0.1, 0.15) is 0 Å². The highest BCUT2D eigenvalue weighted by atomic mass is 16.5. The molecule has 4 nitrogen and oxygen atoms in total. The second-order valence-electron chi connectivity index (χ2n) is 1.66. The summed E-state index contributed by atoms with van der Waals surface area (Å²) in [6, 6.07) is 0. The number of carbonyl (C=O) groups is 1. The van der Waals surface area contributed by atoms with Gasteiger partial charge in [0.15, 0.2) is 6.61 Å². The number of carbonyl (C=O) groups excluding carboxylic acids is 2. The van der Waals surface area contributed by atoms with Crippen LogP contribution in [0, 0.1) is 0 Å². The number of hydrogen-bond acceptors (Lipinski definition) is 3. The molecule has 0 unspecified atom stereocenters. The van der Waals surface area contributed by atoms with E-state index in [0.717, 1.165) is 6.47 Å². The zero-order valence-electron chi connectivity index (χ0n) is 5.38. The van der Waals surface area contributed by atoms with Gasteiger partial charge in [0.2, 0.25) is 0 Å². The van der Waals surface area contributed by atoms with Crippen LogP contribution < -0.4 is 0 Å². The first-order chi connectivity index (χ1) is 4.18. The molecule has 0 aliphatic heterocycles. The number of rotatable bonds is 3. The molecule has 0 atom stereocenters. The van der Waals surface area contributed by atoms with Gasteiger partial charge in [-0.15, -0.1) is 0 Å². The van der Waals surface area contributed by atoms with Crippen molar-refractivity contribution < 1.29 is 14.3 Å². The second kappa shape index (κ2) is 3.88. The number of nitrogens with zero attached hydrogens (tertiary/aromatic N) is 1. The summed E-state index contributed by atoms with van der Waals surface area (Å²) in [5.74, 6) is -0.252. The van der Waals surface area contributed by atoms with E-state index in [2.05, 4.69) is 4.74 Å². The van der Waals surface area contributed by atoms with Crippen LogP contribution in [0.4, 0.5) is 0 Å². The summed E-state index contributed by atoms with van der Waals surface area (Å²) in [4.78, 5) is 21.3. The summed E-state index contributed by atoms with van der Waals surface area (Å²) in [6.45, 7) is 0.930. The van der Waals surface area contributed by atoms with E-state index < -0.39 is 0 Å². The zero-order valence-corrected chi connectivity index (χ0v) is 5.38. The minimum Gasteiger partial charge on any atom is -0.447 e. The highest BCUT2D eigenvalue weighted by Gasteiger charge is 2.01. The monoisotopic (exact) mass is 130 g/mol. The molecule has 0 aromatic carbocycles. The molecule has 4 heteroatoms. The lowest BCUT2D eigenvalue weighted by atomic mass is 10.6. The maximum Gasteiger partial charge on any atom is 0.418 e. The lowest BCUT2D eigenvalue weighted by Crippen LogP contribution is -2.25. The Labute approximate surface area is 53.4 Å². The molecule has 0 aromatic rings. The first-order valence-electron chi connectivity index (χ1n) is 2.37. The molecule has 0 rings (SSSR count). The van der Waals surface area contributed by atoms with Crippen LogP contribution in [0.25, 0.3) is 0 Å². The number of ether oxygens (including phenoxy) is 1. The number of amides is 1. The van der Waals surface area contributed by atoms with Gasteiger partial charge < -0.3 is 9.64 Å². The summed E-state index contributed by atoms with van der Waals surface area (Å²) < 4.78 is 4.06. The van der Waals surface area contributed by atoms with Gasteiger partial charge in [-0.3, -0.25) is 4.79 Å². The SMILES string of the molecule is CN(C)C(=O)CO[C]=O. The van der Waals surface area contributed by atoms with E-state index in [9.17, 15) is 9.59 Å². The smallest absolute Gasteiger partial charge is 0.418 e. The van der Waals surface area contributed by atoms with E-state index in [-0.39, 0.29) is 12.5 Å². The zero-order chi connectivity index (χ0) is 7.28. The molecule has 0 saturated heterocycles. The average molecular weight is 130 g/mol. The van der Waals surface area contributed by atoms with Crippen molar-refractivity contribution in [1.29, 1.82) is 0 Å². The second-order valence-corrected chi connectivity index (χ2v) is 1.66. The largest absolute Gasteiger partial charge is 0.447 e. The Morgan fingerprint density at radius 3 is 2.56 bits per heavy atom. The van der Waals surface area contributed by atoms with Crippen LogP contribution >= 0.6 is 0 Å². The minimum absolute atomic E-state index is 0.226. The lowest BCUT2D eigenvalue weighted by Gasteiger charge is -2.07. The predicted octanol–water partition coefficient (Wildman–Crippen LogP) is -0.842. The molecule has 0 fully saturated rings. The van der Waals surface area contributed by atoms with Crippen molar-refractivity contribution in [2.45, 2.75) is 0 Å².